The largest absolute Gasteiger partial charge is 0.508 e. The van der Waals surface area contributed by atoms with E-state index in [-0.39, 0.29) is 11.7 Å². The Morgan fingerprint density at radius 2 is 2.35 bits per heavy atom. The number of benzene rings is 1. The van der Waals surface area contributed by atoms with Gasteiger partial charge < -0.3 is 15.7 Å². The lowest BCUT2D eigenvalue weighted by Gasteiger charge is -2.17. The maximum absolute atomic E-state index is 12.2. The molecule has 1 aliphatic rings. The standard InChI is InChI=1S/C13H18N2O2/c1-9-6-11(16)2-3-12(9)13(17)15-5-4-10(7-14)8-15/h2-3,6,10,16H,4-5,7-8,14H2,1H3. The van der Waals surface area contributed by atoms with Crippen molar-refractivity contribution in [3.8, 4) is 5.75 Å². The molecule has 92 valence electrons. The fraction of sp³-hybridized carbons (Fsp3) is 0.462. The summed E-state index contributed by atoms with van der Waals surface area (Å²) >= 11 is 0. The van der Waals surface area contributed by atoms with Gasteiger partial charge in [-0.1, -0.05) is 0 Å². The Balaban J connectivity index is 2.15. The molecule has 1 unspecified atom stereocenters. The zero-order valence-electron chi connectivity index (χ0n) is 10.0. The van der Waals surface area contributed by atoms with Crippen LogP contribution in [0.1, 0.15) is 22.3 Å². The van der Waals surface area contributed by atoms with Gasteiger partial charge in [0.25, 0.3) is 5.91 Å². The Morgan fingerprint density at radius 3 is 2.94 bits per heavy atom. The number of carbonyl (C=O) groups excluding carboxylic acids is 1. The van der Waals surface area contributed by atoms with Gasteiger partial charge >= 0.3 is 0 Å². The van der Waals surface area contributed by atoms with Gasteiger partial charge in [0.1, 0.15) is 5.75 Å². The normalized spacial score (nSPS) is 19.6. The molecule has 1 saturated heterocycles. The summed E-state index contributed by atoms with van der Waals surface area (Å²) in [5.74, 6) is 0.662. The second-order valence-electron chi connectivity index (χ2n) is 4.64. The lowest BCUT2D eigenvalue weighted by molar-refractivity contribution is 0.0787. The highest BCUT2D eigenvalue weighted by Crippen LogP contribution is 2.21. The molecule has 0 radical (unpaired) electrons. The molecule has 1 heterocycles. The van der Waals surface area contributed by atoms with Crippen LogP contribution in [0.2, 0.25) is 0 Å². The summed E-state index contributed by atoms with van der Waals surface area (Å²) in [5, 5.41) is 9.32. The predicted molar refractivity (Wildman–Crippen MR) is 65.9 cm³/mol. The van der Waals surface area contributed by atoms with Crippen molar-refractivity contribution in [2.45, 2.75) is 13.3 Å². The number of likely N-dealkylation sites (tertiary alicyclic amines) is 1. The molecular weight excluding hydrogens is 216 g/mol. The zero-order valence-corrected chi connectivity index (χ0v) is 10.0. The highest BCUT2D eigenvalue weighted by atomic mass is 16.3. The van der Waals surface area contributed by atoms with Gasteiger partial charge in [0.15, 0.2) is 0 Å². The predicted octanol–water partition coefficient (Wildman–Crippen LogP) is 1.12. The van der Waals surface area contributed by atoms with Crippen LogP contribution in [0.3, 0.4) is 0 Å². The van der Waals surface area contributed by atoms with Crippen LogP contribution in [0, 0.1) is 12.8 Å². The molecule has 1 aromatic rings. The summed E-state index contributed by atoms with van der Waals surface area (Å²) in [6.45, 7) is 4.00. The molecule has 1 amide bonds. The van der Waals surface area contributed by atoms with Crippen LogP contribution < -0.4 is 5.73 Å². The first-order chi connectivity index (χ1) is 8.11. The van der Waals surface area contributed by atoms with Gasteiger partial charge in [0.05, 0.1) is 0 Å². The number of nitrogens with zero attached hydrogens (tertiary/aromatic N) is 1. The number of phenolic OH excluding ortho intramolecular Hbond substituents is 1. The molecule has 3 N–H and O–H groups in total. The van der Waals surface area contributed by atoms with Crippen molar-refractivity contribution >= 4 is 5.91 Å². The number of aromatic hydroxyl groups is 1. The van der Waals surface area contributed by atoms with Gasteiger partial charge in [-0.2, -0.15) is 0 Å². The summed E-state index contributed by atoms with van der Waals surface area (Å²) in [5.41, 5.74) is 7.09. The number of hydrogen-bond acceptors (Lipinski definition) is 3. The molecule has 0 saturated carbocycles. The van der Waals surface area contributed by atoms with E-state index in [0.717, 1.165) is 25.1 Å². The van der Waals surface area contributed by atoms with Gasteiger partial charge in [0, 0.05) is 18.7 Å². The van der Waals surface area contributed by atoms with Crippen LogP contribution >= 0.6 is 0 Å². The average molecular weight is 234 g/mol. The molecule has 1 atom stereocenters. The highest BCUT2D eigenvalue weighted by Gasteiger charge is 2.26. The Morgan fingerprint density at radius 1 is 1.59 bits per heavy atom. The van der Waals surface area contributed by atoms with Crippen molar-refractivity contribution in [3.05, 3.63) is 29.3 Å². The van der Waals surface area contributed by atoms with E-state index in [9.17, 15) is 9.90 Å². The van der Waals surface area contributed by atoms with Crippen LogP contribution in [0.15, 0.2) is 18.2 Å². The molecular formula is C13H18N2O2. The van der Waals surface area contributed by atoms with Crippen molar-refractivity contribution in [2.75, 3.05) is 19.6 Å². The molecule has 0 spiro atoms. The summed E-state index contributed by atoms with van der Waals surface area (Å²) in [6, 6.07) is 4.85. The van der Waals surface area contributed by atoms with Gasteiger partial charge in [-0.3, -0.25) is 4.79 Å². The number of rotatable bonds is 2. The number of amides is 1. The topological polar surface area (TPSA) is 66.6 Å². The molecule has 1 aromatic carbocycles. The van der Waals surface area contributed by atoms with E-state index in [2.05, 4.69) is 0 Å². The summed E-state index contributed by atoms with van der Waals surface area (Å²) in [7, 11) is 0. The van der Waals surface area contributed by atoms with E-state index in [4.69, 9.17) is 5.73 Å². The monoisotopic (exact) mass is 234 g/mol. The van der Waals surface area contributed by atoms with Crippen LogP contribution in [-0.4, -0.2) is 35.5 Å². The lowest BCUT2D eigenvalue weighted by Crippen LogP contribution is -2.30. The van der Waals surface area contributed by atoms with E-state index >= 15 is 0 Å². The molecule has 17 heavy (non-hydrogen) atoms. The summed E-state index contributed by atoms with van der Waals surface area (Å²) in [6.07, 6.45) is 0.985. The van der Waals surface area contributed by atoms with Crippen molar-refractivity contribution < 1.29 is 9.90 Å². The number of aryl methyl sites for hydroxylation is 1. The average Bonchev–Trinajstić information content (AvgIpc) is 2.76. The summed E-state index contributed by atoms with van der Waals surface area (Å²) < 4.78 is 0. The highest BCUT2D eigenvalue weighted by molar-refractivity contribution is 5.96. The molecule has 4 heteroatoms. The Bertz CT molecular complexity index is 431. The van der Waals surface area contributed by atoms with Crippen LogP contribution in [0.25, 0.3) is 0 Å². The molecule has 0 bridgehead atoms. The second-order valence-corrected chi connectivity index (χ2v) is 4.64. The molecule has 1 aliphatic heterocycles. The van der Waals surface area contributed by atoms with Gasteiger partial charge in [-0.25, -0.2) is 0 Å². The lowest BCUT2D eigenvalue weighted by atomic mass is 10.1. The fourth-order valence-corrected chi connectivity index (χ4v) is 2.27. The van der Waals surface area contributed by atoms with Crippen LogP contribution in [0.5, 0.6) is 5.75 Å². The smallest absolute Gasteiger partial charge is 0.254 e. The van der Waals surface area contributed by atoms with E-state index in [0.29, 0.717) is 18.0 Å². The third-order valence-corrected chi connectivity index (χ3v) is 3.35. The third kappa shape index (κ3) is 2.42. The summed E-state index contributed by atoms with van der Waals surface area (Å²) in [4.78, 5) is 14.1. The first-order valence-electron chi connectivity index (χ1n) is 5.90. The third-order valence-electron chi connectivity index (χ3n) is 3.35. The molecule has 4 nitrogen and oxygen atoms in total. The quantitative estimate of drug-likeness (QED) is 0.806. The van der Waals surface area contributed by atoms with Gasteiger partial charge in [-0.15, -0.1) is 0 Å². The van der Waals surface area contributed by atoms with E-state index in [1.807, 2.05) is 11.8 Å². The van der Waals surface area contributed by atoms with Gasteiger partial charge in [0.2, 0.25) is 0 Å². The minimum Gasteiger partial charge on any atom is -0.508 e. The Labute approximate surface area is 101 Å². The molecule has 0 aliphatic carbocycles. The fourth-order valence-electron chi connectivity index (χ4n) is 2.27. The SMILES string of the molecule is Cc1cc(O)ccc1C(=O)N1CCC(CN)C1. The van der Waals surface area contributed by atoms with Crippen LogP contribution in [0.4, 0.5) is 0 Å². The Kier molecular flexibility index (Phi) is 3.33. The molecule has 0 aromatic heterocycles. The van der Waals surface area contributed by atoms with Crippen molar-refractivity contribution in [3.63, 3.8) is 0 Å². The maximum atomic E-state index is 12.2. The van der Waals surface area contributed by atoms with E-state index in [1.54, 1.807) is 18.2 Å². The van der Waals surface area contributed by atoms with E-state index in [1.165, 1.54) is 0 Å². The minimum absolute atomic E-state index is 0.0402. The van der Waals surface area contributed by atoms with E-state index < -0.39 is 0 Å². The number of carbonyl (C=O) groups is 1. The zero-order chi connectivity index (χ0) is 12.4. The second kappa shape index (κ2) is 4.75. The van der Waals surface area contributed by atoms with Crippen molar-refractivity contribution in [2.24, 2.45) is 11.7 Å². The maximum Gasteiger partial charge on any atom is 0.254 e. The Hall–Kier alpha value is -1.55. The first kappa shape index (κ1) is 11.9. The van der Waals surface area contributed by atoms with Crippen molar-refractivity contribution in [1.82, 2.24) is 4.90 Å². The number of phenols is 1. The number of hydrogen-bond donors (Lipinski definition) is 2. The number of nitrogens with two attached hydrogens (primary N) is 1. The first-order valence-corrected chi connectivity index (χ1v) is 5.90. The van der Waals surface area contributed by atoms with Crippen LogP contribution in [-0.2, 0) is 0 Å². The van der Waals surface area contributed by atoms with Crippen molar-refractivity contribution in [1.29, 1.82) is 0 Å². The van der Waals surface area contributed by atoms with Gasteiger partial charge in [-0.05, 0) is 49.6 Å². The molecule has 1 fully saturated rings. The minimum atomic E-state index is 0.0402. The molecule has 2 rings (SSSR count).